The highest BCUT2D eigenvalue weighted by Gasteiger charge is 2.72. The molecule has 2 amide bonds. The summed E-state index contributed by atoms with van der Waals surface area (Å²) in [6.45, 7) is 1.77. The molecule has 0 bridgehead atoms. The molecule has 0 aliphatic carbocycles. The number of aliphatic hydroxyl groups is 1. The molecule has 0 aromatic heterocycles. The Morgan fingerprint density at radius 3 is 2.14 bits per heavy atom. The second-order valence-corrected chi connectivity index (χ2v) is 8.97. The van der Waals surface area contributed by atoms with Gasteiger partial charge in [-0.3, -0.25) is 9.80 Å². The van der Waals surface area contributed by atoms with Crippen molar-refractivity contribution in [2.24, 2.45) is 0 Å². The fourth-order valence-electron chi connectivity index (χ4n) is 4.66. The first-order valence-corrected chi connectivity index (χ1v) is 11.1. The van der Waals surface area contributed by atoms with Crippen molar-refractivity contribution < 1.29 is 32.5 Å². The minimum atomic E-state index is -4.92. The molecule has 0 saturated carbocycles. The van der Waals surface area contributed by atoms with Crippen LogP contribution in [0.2, 0.25) is 5.02 Å². The van der Waals surface area contributed by atoms with Gasteiger partial charge in [0.25, 0.3) is 0 Å². The molecule has 2 heterocycles. The fraction of sp³-hybridized carbons (Fsp3) is 0.240. The molecule has 1 atom stereocenters. The maximum Gasteiger partial charge on any atom is 0.573 e. The highest BCUT2D eigenvalue weighted by atomic mass is 35.5. The first-order chi connectivity index (χ1) is 16.5. The number of alkyl halides is 3. The van der Waals surface area contributed by atoms with E-state index >= 15 is 0 Å². The summed E-state index contributed by atoms with van der Waals surface area (Å²) in [4.78, 5) is 16.6. The van der Waals surface area contributed by atoms with Crippen LogP contribution in [0.3, 0.4) is 0 Å². The second-order valence-electron chi connectivity index (χ2n) is 8.54. The van der Waals surface area contributed by atoms with Gasteiger partial charge in [-0.05, 0) is 55.5 Å². The van der Waals surface area contributed by atoms with Crippen LogP contribution < -0.4 is 14.5 Å². The maximum absolute atomic E-state index is 14.0. The summed E-state index contributed by atoms with van der Waals surface area (Å²) < 4.78 is 48.4. The van der Waals surface area contributed by atoms with Gasteiger partial charge in [0.2, 0.25) is 5.72 Å². The topological polar surface area (TPSA) is 62.2 Å². The van der Waals surface area contributed by atoms with E-state index in [4.69, 9.17) is 16.3 Å². The molecular weight excluding hydrogens is 485 g/mol. The van der Waals surface area contributed by atoms with E-state index in [1.165, 1.54) is 21.9 Å². The molecule has 1 spiro atoms. The first kappa shape index (κ1) is 23.5. The Bertz CT molecular complexity index is 1260. The number of carbonyl (C=O) groups is 1. The van der Waals surface area contributed by atoms with Crippen LogP contribution in [0.25, 0.3) is 0 Å². The van der Waals surface area contributed by atoms with Gasteiger partial charge in [0.1, 0.15) is 11.3 Å². The highest BCUT2D eigenvalue weighted by Crippen LogP contribution is 2.54. The minimum absolute atomic E-state index is 0.0490. The van der Waals surface area contributed by atoms with Crippen LogP contribution in [0.4, 0.5) is 29.3 Å². The van der Waals surface area contributed by atoms with Gasteiger partial charge in [-0.1, -0.05) is 41.4 Å². The van der Waals surface area contributed by atoms with E-state index in [-0.39, 0.29) is 18.8 Å². The molecule has 3 aromatic rings. The average Bonchev–Trinajstić information content (AvgIpc) is 2.99. The fourth-order valence-corrected chi connectivity index (χ4v) is 4.78. The molecule has 182 valence electrons. The molecule has 35 heavy (non-hydrogen) atoms. The molecule has 2 fully saturated rings. The number of rotatable bonds is 4. The Hall–Kier alpha value is -3.27. The summed E-state index contributed by atoms with van der Waals surface area (Å²) in [5.74, 6) is -0.514. The maximum atomic E-state index is 14.0. The molecule has 1 N–H and O–H groups in total. The number of nitrogens with zero attached hydrogens (tertiary/aromatic N) is 2. The van der Waals surface area contributed by atoms with Gasteiger partial charge in [-0.2, -0.15) is 0 Å². The molecule has 3 aromatic carbocycles. The lowest BCUT2D eigenvalue weighted by Crippen LogP contribution is -2.70. The third-order valence-corrected chi connectivity index (χ3v) is 6.56. The van der Waals surface area contributed by atoms with Crippen molar-refractivity contribution in [1.82, 2.24) is 0 Å². The predicted molar refractivity (Wildman–Crippen MR) is 124 cm³/mol. The zero-order valence-electron chi connectivity index (χ0n) is 18.4. The molecule has 5 rings (SSSR count). The Balaban J connectivity index is 1.72. The Kier molecular flexibility index (Phi) is 5.47. The SMILES string of the molecule is Cc1ccc(N2C(=O)N(c3ccc(Cl)cc3)C3(COC3)C2(O)c2cccc(OC(F)(F)F)c2)cc1. The number of halogens is 4. The van der Waals surface area contributed by atoms with Gasteiger partial charge < -0.3 is 14.6 Å². The van der Waals surface area contributed by atoms with Gasteiger partial charge in [-0.15, -0.1) is 13.2 Å². The van der Waals surface area contributed by atoms with Crippen LogP contribution in [0.1, 0.15) is 11.1 Å². The summed E-state index contributed by atoms with van der Waals surface area (Å²) in [5.41, 5.74) is -1.62. The van der Waals surface area contributed by atoms with Gasteiger partial charge in [0.15, 0.2) is 0 Å². The lowest BCUT2D eigenvalue weighted by atomic mass is 9.78. The summed E-state index contributed by atoms with van der Waals surface area (Å²) in [7, 11) is 0. The van der Waals surface area contributed by atoms with E-state index in [1.807, 2.05) is 6.92 Å². The third kappa shape index (κ3) is 3.71. The zero-order valence-corrected chi connectivity index (χ0v) is 19.2. The summed E-state index contributed by atoms with van der Waals surface area (Å²) >= 11 is 6.04. The lowest BCUT2D eigenvalue weighted by Gasteiger charge is -2.51. The Labute approximate surface area is 204 Å². The van der Waals surface area contributed by atoms with Crippen LogP contribution in [0.15, 0.2) is 72.8 Å². The van der Waals surface area contributed by atoms with Gasteiger partial charge in [-0.25, -0.2) is 4.79 Å². The van der Waals surface area contributed by atoms with Crippen molar-refractivity contribution in [3.63, 3.8) is 0 Å². The monoisotopic (exact) mass is 504 g/mol. The van der Waals surface area contributed by atoms with Crippen molar-refractivity contribution in [2.75, 3.05) is 23.0 Å². The van der Waals surface area contributed by atoms with E-state index in [0.717, 1.165) is 17.7 Å². The smallest absolute Gasteiger partial charge is 0.406 e. The van der Waals surface area contributed by atoms with E-state index < -0.39 is 29.4 Å². The van der Waals surface area contributed by atoms with Crippen molar-refractivity contribution in [2.45, 2.75) is 24.6 Å². The van der Waals surface area contributed by atoms with Crippen molar-refractivity contribution >= 4 is 29.0 Å². The molecule has 2 aliphatic rings. The molecule has 10 heteroatoms. The predicted octanol–water partition coefficient (Wildman–Crippen LogP) is 5.61. The van der Waals surface area contributed by atoms with Crippen molar-refractivity contribution in [3.8, 4) is 5.75 Å². The standard InChI is InChI=1S/C25H20ClF3N2O4/c1-16-5-9-20(10-6-16)31-22(32)30(19-11-7-18(26)8-12-19)23(14-34-15-23)24(31,33)17-3-2-4-21(13-17)35-25(27,28)29/h2-13,33H,14-15H2,1H3. The van der Waals surface area contributed by atoms with Crippen LogP contribution >= 0.6 is 11.6 Å². The van der Waals surface area contributed by atoms with Crippen molar-refractivity contribution in [3.05, 3.63) is 88.9 Å². The number of carbonyl (C=O) groups excluding carboxylic acids is 1. The molecule has 2 saturated heterocycles. The number of urea groups is 1. The van der Waals surface area contributed by atoms with E-state index in [1.54, 1.807) is 48.5 Å². The van der Waals surface area contributed by atoms with E-state index in [2.05, 4.69) is 4.74 Å². The quantitative estimate of drug-likeness (QED) is 0.502. The van der Waals surface area contributed by atoms with Crippen LogP contribution in [0.5, 0.6) is 5.75 Å². The Morgan fingerprint density at radius 2 is 1.57 bits per heavy atom. The number of hydrogen-bond donors (Lipinski definition) is 1. The van der Waals surface area contributed by atoms with Gasteiger partial charge in [0.05, 0.1) is 13.2 Å². The van der Waals surface area contributed by atoms with E-state index in [0.29, 0.717) is 16.4 Å². The molecule has 0 radical (unpaired) electrons. The largest absolute Gasteiger partial charge is 0.573 e. The summed E-state index contributed by atoms with van der Waals surface area (Å²) in [5, 5.41) is 12.9. The number of hydrogen-bond acceptors (Lipinski definition) is 4. The number of amides is 2. The minimum Gasteiger partial charge on any atom is -0.406 e. The molecule has 2 aliphatic heterocycles. The zero-order chi connectivity index (χ0) is 25.0. The molecule has 6 nitrogen and oxygen atoms in total. The average molecular weight is 505 g/mol. The third-order valence-electron chi connectivity index (χ3n) is 6.31. The van der Waals surface area contributed by atoms with Crippen LogP contribution in [0, 0.1) is 6.92 Å². The number of anilines is 2. The van der Waals surface area contributed by atoms with Gasteiger partial charge >= 0.3 is 12.4 Å². The summed E-state index contributed by atoms with van der Waals surface area (Å²) in [6.07, 6.45) is -4.92. The molecular formula is C25H20ClF3N2O4. The van der Waals surface area contributed by atoms with Crippen LogP contribution in [-0.4, -0.2) is 36.3 Å². The second kappa shape index (κ2) is 8.15. The normalized spacial score (nSPS) is 21.4. The lowest BCUT2D eigenvalue weighted by molar-refractivity contribution is -0.274. The first-order valence-electron chi connectivity index (χ1n) is 10.7. The number of benzene rings is 3. The highest BCUT2D eigenvalue weighted by molar-refractivity contribution is 6.30. The number of aryl methyl sites for hydroxylation is 1. The molecule has 1 unspecified atom stereocenters. The number of ether oxygens (including phenoxy) is 2. The van der Waals surface area contributed by atoms with Crippen LogP contribution in [-0.2, 0) is 10.5 Å². The van der Waals surface area contributed by atoms with E-state index in [9.17, 15) is 23.1 Å². The summed E-state index contributed by atoms with van der Waals surface area (Å²) in [6, 6.07) is 17.9. The Morgan fingerprint density at radius 1 is 0.971 bits per heavy atom. The van der Waals surface area contributed by atoms with Gasteiger partial charge in [0, 0.05) is 22.0 Å². The van der Waals surface area contributed by atoms with Crippen molar-refractivity contribution in [1.29, 1.82) is 0 Å².